The number of nitrogens with zero attached hydrogens (tertiary/aromatic N) is 1. The van der Waals surface area contributed by atoms with Gasteiger partial charge < -0.3 is 10.0 Å². The minimum absolute atomic E-state index is 0.0903. The van der Waals surface area contributed by atoms with Crippen molar-refractivity contribution in [2.45, 2.75) is 25.4 Å². The average molecular weight is 255 g/mol. The zero-order valence-corrected chi connectivity index (χ0v) is 9.90. The van der Waals surface area contributed by atoms with E-state index in [1.165, 1.54) is 6.07 Å². The van der Waals surface area contributed by atoms with Crippen LogP contribution in [0.1, 0.15) is 30.9 Å². The molecule has 0 saturated carbocycles. The highest BCUT2D eigenvalue weighted by Crippen LogP contribution is 2.21. The van der Waals surface area contributed by atoms with E-state index in [0.717, 1.165) is 25.2 Å². The monoisotopic (exact) mass is 255 g/mol. The van der Waals surface area contributed by atoms with Gasteiger partial charge in [-0.3, -0.25) is 4.79 Å². The van der Waals surface area contributed by atoms with Gasteiger partial charge in [-0.25, -0.2) is 8.78 Å². The largest absolute Gasteiger partial charge is 0.388 e. The van der Waals surface area contributed by atoms with Gasteiger partial charge in [0, 0.05) is 19.5 Å². The van der Waals surface area contributed by atoms with E-state index in [1.54, 1.807) is 4.90 Å². The van der Waals surface area contributed by atoms with Gasteiger partial charge in [-0.05, 0) is 30.5 Å². The fraction of sp³-hybridized carbons (Fsp3) is 0.462. The Kier molecular flexibility index (Phi) is 3.91. The highest BCUT2D eigenvalue weighted by molar-refractivity contribution is 5.78. The standard InChI is InChI=1S/C13H15F2NO2/c14-10-5-4-9(8-11(10)15)12(17)2-1-3-13(18)16-6-7-16/h4-5,8,12,17H,1-3,6-7H2. The molecule has 2 rings (SSSR count). The topological polar surface area (TPSA) is 40.3 Å². The summed E-state index contributed by atoms with van der Waals surface area (Å²) >= 11 is 0. The number of hydrogen-bond donors (Lipinski definition) is 1. The normalized spacial score (nSPS) is 15.6. The summed E-state index contributed by atoms with van der Waals surface area (Å²) in [4.78, 5) is 13.1. The molecule has 1 heterocycles. The van der Waals surface area contributed by atoms with Gasteiger partial charge in [0.1, 0.15) is 0 Å². The van der Waals surface area contributed by atoms with E-state index in [4.69, 9.17) is 0 Å². The van der Waals surface area contributed by atoms with E-state index in [1.807, 2.05) is 0 Å². The second-order valence-electron chi connectivity index (χ2n) is 4.46. The predicted octanol–water partition coefficient (Wildman–Crippen LogP) is 2.01. The molecule has 18 heavy (non-hydrogen) atoms. The molecule has 0 spiro atoms. The number of rotatable bonds is 5. The summed E-state index contributed by atoms with van der Waals surface area (Å²) in [5.74, 6) is -1.80. The fourth-order valence-electron chi connectivity index (χ4n) is 1.79. The van der Waals surface area contributed by atoms with Gasteiger partial charge in [0.25, 0.3) is 0 Å². The summed E-state index contributed by atoms with van der Waals surface area (Å²) < 4.78 is 25.7. The third kappa shape index (κ3) is 3.26. The van der Waals surface area contributed by atoms with Crippen molar-refractivity contribution in [2.75, 3.05) is 13.1 Å². The van der Waals surface area contributed by atoms with E-state index >= 15 is 0 Å². The third-order valence-electron chi connectivity index (χ3n) is 3.00. The van der Waals surface area contributed by atoms with Crippen molar-refractivity contribution >= 4 is 5.91 Å². The lowest BCUT2D eigenvalue weighted by atomic mass is 10.0. The van der Waals surface area contributed by atoms with Gasteiger partial charge in [0.2, 0.25) is 5.91 Å². The minimum atomic E-state index is -0.966. The molecule has 0 bridgehead atoms. The summed E-state index contributed by atoms with van der Waals surface area (Å²) in [6.45, 7) is 1.65. The molecule has 0 aliphatic carbocycles. The number of halogens is 2. The fourth-order valence-corrected chi connectivity index (χ4v) is 1.79. The molecular formula is C13H15F2NO2. The van der Waals surface area contributed by atoms with Crippen molar-refractivity contribution < 1.29 is 18.7 Å². The molecule has 1 N–H and O–H groups in total. The van der Waals surface area contributed by atoms with Crippen LogP contribution in [0.2, 0.25) is 0 Å². The Morgan fingerprint density at radius 3 is 2.67 bits per heavy atom. The molecule has 1 amide bonds. The molecule has 1 aliphatic heterocycles. The van der Waals surface area contributed by atoms with Crippen LogP contribution in [0.15, 0.2) is 18.2 Å². The molecule has 98 valence electrons. The van der Waals surface area contributed by atoms with Gasteiger partial charge in [0.15, 0.2) is 11.6 Å². The van der Waals surface area contributed by atoms with Crippen molar-refractivity contribution in [3.63, 3.8) is 0 Å². The van der Waals surface area contributed by atoms with Gasteiger partial charge >= 0.3 is 0 Å². The van der Waals surface area contributed by atoms with Crippen LogP contribution in [0.4, 0.5) is 8.78 Å². The first-order chi connectivity index (χ1) is 8.58. The summed E-state index contributed by atoms with van der Waals surface area (Å²) in [6, 6.07) is 3.34. The maximum atomic E-state index is 13.0. The third-order valence-corrected chi connectivity index (χ3v) is 3.00. The number of hydrogen-bond acceptors (Lipinski definition) is 2. The van der Waals surface area contributed by atoms with Gasteiger partial charge in [-0.15, -0.1) is 0 Å². The number of carbonyl (C=O) groups is 1. The molecule has 1 atom stereocenters. The molecule has 1 unspecified atom stereocenters. The van der Waals surface area contributed by atoms with Crippen LogP contribution < -0.4 is 0 Å². The second kappa shape index (κ2) is 5.44. The molecule has 0 radical (unpaired) electrons. The maximum absolute atomic E-state index is 13.0. The number of benzene rings is 1. The van der Waals surface area contributed by atoms with Crippen LogP contribution in [0.5, 0.6) is 0 Å². The van der Waals surface area contributed by atoms with Crippen molar-refractivity contribution in [2.24, 2.45) is 0 Å². The quantitative estimate of drug-likeness (QED) is 0.818. The zero-order chi connectivity index (χ0) is 13.1. The minimum Gasteiger partial charge on any atom is -0.388 e. The van der Waals surface area contributed by atoms with Gasteiger partial charge in [0.05, 0.1) is 6.10 Å². The van der Waals surface area contributed by atoms with Crippen LogP contribution in [0.3, 0.4) is 0 Å². The number of amides is 1. The molecule has 1 aromatic rings. The van der Waals surface area contributed by atoms with Crippen LogP contribution in [0.25, 0.3) is 0 Å². The van der Waals surface area contributed by atoms with Crippen molar-refractivity contribution in [3.8, 4) is 0 Å². The SMILES string of the molecule is O=C(CCCC(O)c1ccc(F)c(F)c1)N1CC1. The van der Waals surface area contributed by atoms with Gasteiger partial charge in [-0.2, -0.15) is 0 Å². The van der Waals surface area contributed by atoms with Crippen LogP contribution in [-0.4, -0.2) is 29.0 Å². The lowest BCUT2D eigenvalue weighted by Gasteiger charge is -2.11. The Morgan fingerprint density at radius 2 is 2.06 bits per heavy atom. The molecule has 1 aromatic carbocycles. The van der Waals surface area contributed by atoms with E-state index in [2.05, 4.69) is 0 Å². The van der Waals surface area contributed by atoms with Crippen LogP contribution in [-0.2, 0) is 4.79 Å². The lowest BCUT2D eigenvalue weighted by molar-refractivity contribution is -0.125. The Labute approximate surface area is 104 Å². The first-order valence-corrected chi connectivity index (χ1v) is 5.98. The Bertz CT molecular complexity index is 447. The highest BCUT2D eigenvalue weighted by atomic mass is 19.2. The summed E-state index contributed by atoms with van der Waals surface area (Å²) in [6.07, 6.45) is 0.433. The molecule has 3 nitrogen and oxygen atoms in total. The van der Waals surface area contributed by atoms with E-state index in [0.29, 0.717) is 24.8 Å². The predicted molar refractivity (Wildman–Crippen MR) is 61.7 cm³/mol. The number of aliphatic hydroxyl groups excluding tert-OH is 1. The highest BCUT2D eigenvalue weighted by Gasteiger charge is 2.23. The summed E-state index contributed by atoms with van der Waals surface area (Å²) in [5.41, 5.74) is 0.341. The Balaban J connectivity index is 1.81. The number of carbonyl (C=O) groups excluding carboxylic acids is 1. The molecule has 1 fully saturated rings. The van der Waals surface area contributed by atoms with Crippen molar-refractivity contribution in [1.29, 1.82) is 0 Å². The summed E-state index contributed by atoms with van der Waals surface area (Å²) in [7, 11) is 0. The lowest BCUT2D eigenvalue weighted by Crippen LogP contribution is -2.10. The molecular weight excluding hydrogens is 240 g/mol. The Hall–Kier alpha value is -1.49. The van der Waals surface area contributed by atoms with E-state index < -0.39 is 17.7 Å². The van der Waals surface area contributed by atoms with Crippen LogP contribution in [0, 0.1) is 11.6 Å². The number of aliphatic hydroxyl groups is 1. The van der Waals surface area contributed by atoms with E-state index in [-0.39, 0.29) is 5.91 Å². The summed E-state index contributed by atoms with van der Waals surface area (Å²) in [5, 5.41) is 9.79. The van der Waals surface area contributed by atoms with Crippen molar-refractivity contribution in [1.82, 2.24) is 4.90 Å². The van der Waals surface area contributed by atoms with Crippen molar-refractivity contribution in [3.05, 3.63) is 35.4 Å². The maximum Gasteiger partial charge on any atom is 0.222 e. The Morgan fingerprint density at radius 1 is 1.33 bits per heavy atom. The molecule has 1 aliphatic rings. The van der Waals surface area contributed by atoms with E-state index in [9.17, 15) is 18.7 Å². The molecule has 1 saturated heterocycles. The first-order valence-electron chi connectivity index (χ1n) is 5.98. The molecule has 5 heteroatoms. The smallest absolute Gasteiger partial charge is 0.222 e. The average Bonchev–Trinajstić information content (AvgIpc) is 3.16. The second-order valence-corrected chi connectivity index (χ2v) is 4.46. The first kappa shape index (κ1) is 13.0. The van der Waals surface area contributed by atoms with Gasteiger partial charge in [-0.1, -0.05) is 6.07 Å². The molecule has 0 aromatic heterocycles. The van der Waals surface area contributed by atoms with Crippen LogP contribution >= 0.6 is 0 Å². The zero-order valence-electron chi connectivity index (χ0n) is 9.90.